The molecule has 1 aromatic rings. The summed E-state index contributed by atoms with van der Waals surface area (Å²) in [7, 11) is 0. The van der Waals surface area contributed by atoms with Gasteiger partial charge >= 0.3 is 0 Å². The molecule has 0 aliphatic heterocycles. The summed E-state index contributed by atoms with van der Waals surface area (Å²) in [4.78, 5) is 0. The third-order valence-electron chi connectivity index (χ3n) is 2.01. The van der Waals surface area contributed by atoms with Crippen molar-refractivity contribution in [1.82, 2.24) is 0 Å². The fraction of sp³-hybridized carbons (Fsp3) is 0.333. The minimum Gasteiger partial charge on any atom is -0.312 e. The Labute approximate surface area is 67.2 Å². The molecule has 1 aromatic carbocycles. The lowest BCUT2D eigenvalue weighted by Gasteiger charge is -2.10. The minimum absolute atomic E-state index is 0.352. The molecule has 0 spiro atoms. The third kappa shape index (κ3) is 1.59. The molecular formula is C9H14N2. The van der Waals surface area contributed by atoms with Crippen LogP contribution in [0.5, 0.6) is 0 Å². The molecule has 2 heteroatoms. The number of aryl methyl sites for hydroxylation is 1. The summed E-state index contributed by atoms with van der Waals surface area (Å²) in [5.74, 6) is 0. The number of rotatable bonds is 1. The molecule has 0 heterocycles. The van der Waals surface area contributed by atoms with Crippen molar-refractivity contribution < 1.29 is 0 Å². The highest BCUT2D eigenvalue weighted by Gasteiger charge is 2.03. The highest BCUT2D eigenvalue weighted by atomic mass is 14.8. The lowest BCUT2D eigenvalue weighted by molar-refractivity contribution is 0.765. The average molecular weight is 150 g/mol. The van der Waals surface area contributed by atoms with Crippen LogP contribution in [0.2, 0.25) is 0 Å². The first-order valence-corrected chi connectivity index (χ1v) is 3.70. The van der Waals surface area contributed by atoms with E-state index in [2.05, 4.69) is 13.0 Å². The van der Waals surface area contributed by atoms with Gasteiger partial charge in [-0.3, -0.25) is 0 Å². The van der Waals surface area contributed by atoms with Gasteiger partial charge in [0.1, 0.15) is 0 Å². The molecule has 0 unspecified atom stereocenters. The summed E-state index contributed by atoms with van der Waals surface area (Å²) in [6, 6.07) is 6.00. The predicted molar refractivity (Wildman–Crippen MR) is 47.0 cm³/mol. The predicted octanol–water partition coefficient (Wildman–Crippen LogP) is 1.22. The molecule has 0 bridgehead atoms. The molecule has 60 valence electrons. The molecule has 4 N–H and O–H groups in total. The van der Waals surface area contributed by atoms with Gasteiger partial charge in [0.05, 0.1) is 6.17 Å². The first kappa shape index (κ1) is 8.24. The van der Waals surface area contributed by atoms with Crippen molar-refractivity contribution in [1.29, 1.82) is 0 Å². The molecular weight excluding hydrogens is 136 g/mol. The fourth-order valence-corrected chi connectivity index (χ4v) is 1.13. The normalized spacial score (nSPS) is 10.6. The standard InChI is InChI=1S/C9H14N2/c1-6-4-3-5-8(7(6)2)9(10)11/h3-5,9H,10-11H2,1-2H3. The Morgan fingerprint density at radius 1 is 1.18 bits per heavy atom. The lowest BCUT2D eigenvalue weighted by atomic mass is 10.0. The maximum atomic E-state index is 5.56. The van der Waals surface area contributed by atoms with E-state index in [1.807, 2.05) is 19.1 Å². The van der Waals surface area contributed by atoms with E-state index in [-0.39, 0.29) is 6.17 Å². The van der Waals surface area contributed by atoms with Gasteiger partial charge in [0, 0.05) is 0 Å². The molecule has 0 fully saturated rings. The maximum absolute atomic E-state index is 5.56. The summed E-state index contributed by atoms with van der Waals surface area (Å²) >= 11 is 0. The average Bonchev–Trinajstić information content (AvgIpc) is 1.94. The van der Waals surface area contributed by atoms with Crippen molar-refractivity contribution in [3.8, 4) is 0 Å². The van der Waals surface area contributed by atoms with Gasteiger partial charge in [0.15, 0.2) is 0 Å². The van der Waals surface area contributed by atoms with E-state index in [0.717, 1.165) is 5.56 Å². The summed E-state index contributed by atoms with van der Waals surface area (Å²) in [6.07, 6.45) is -0.352. The first-order valence-electron chi connectivity index (χ1n) is 3.70. The monoisotopic (exact) mass is 150 g/mol. The van der Waals surface area contributed by atoms with Gasteiger partial charge in [-0.2, -0.15) is 0 Å². The smallest absolute Gasteiger partial charge is 0.0787 e. The van der Waals surface area contributed by atoms with E-state index in [1.165, 1.54) is 11.1 Å². The quantitative estimate of drug-likeness (QED) is 0.591. The Bertz CT molecular complexity index is 254. The van der Waals surface area contributed by atoms with Crippen LogP contribution in [-0.4, -0.2) is 0 Å². The van der Waals surface area contributed by atoms with Crippen LogP contribution in [-0.2, 0) is 0 Å². The van der Waals surface area contributed by atoms with Crippen LogP contribution >= 0.6 is 0 Å². The van der Waals surface area contributed by atoms with E-state index < -0.39 is 0 Å². The largest absolute Gasteiger partial charge is 0.312 e. The van der Waals surface area contributed by atoms with Crippen molar-refractivity contribution in [3.05, 3.63) is 34.9 Å². The Hall–Kier alpha value is -0.860. The molecule has 2 nitrogen and oxygen atoms in total. The molecule has 11 heavy (non-hydrogen) atoms. The van der Waals surface area contributed by atoms with Crippen molar-refractivity contribution in [2.45, 2.75) is 20.0 Å². The van der Waals surface area contributed by atoms with Crippen LogP contribution in [0.4, 0.5) is 0 Å². The highest BCUT2D eigenvalue weighted by molar-refractivity contribution is 5.34. The molecule has 0 saturated carbocycles. The number of nitrogens with two attached hydrogens (primary N) is 2. The Kier molecular flexibility index (Phi) is 2.27. The van der Waals surface area contributed by atoms with Crippen LogP contribution in [0.3, 0.4) is 0 Å². The SMILES string of the molecule is Cc1cccc(C(N)N)c1C. The zero-order valence-electron chi connectivity index (χ0n) is 6.96. The summed E-state index contributed by atoms with van der Waals surface area (Å²) < 4.78 is 0. The van der Waals surface area contributed by atoms with Crippen LogP contribution in [0.15, 0.2) is 18.2 Å². The summed E-state index contributed by atoms with van der Waals surface area (Å²) in [6.45, 7) is 4.10. The van der Waals surface area contributed by atoms with Gasteiger partial charge in [0.2, 0.25) is 0 Å². The third-order valence-corrected chi connectivity index (χ3v) is 2.01. The molecule has 0 saturated heterocycles. The maximum Gasteiger partial charge on any atom is 0.0787 e. The van der Waals surface area contributed by atoms with Gasteiger partial charge in [0.25, 0.3) is 0 Å². The van der Waals surface area contributed by atoms with Gasteiger partial charge < -0.3 is 11.5 Å². The van der Waals surface area contributed by atoms with E-state index >= 15 is 0 Å². The van der Waals surface area contributed by atoms with Crippen LogP contribution < -0.4 is 11.5 Å². The number of hydrogen-bond donors (Lipinski definition) is 2. The molecule has 0 aromatic heterocycles. The van der Waals surface area contributed by atoms with Crippen molar-refractivity contribution in [3.63, 3.8) is 0 Å². The van der Waals surface area contributed by atoms with Crippen LogP contribution in [0, 0.1) is 13.8 Å². The molecule has 1 rings (SSSR count). The van der Waals surface area contributed by atoms with E-state index in [0.29, 0.717) is 0 Å². The van der Waals surface area contributed by atoms with Crippen molar-refractivity contribution >= 4 is 0 Å². The summed E-state index contributed by atoms with van der Waals surface area (Å²) in [5, 5.41) is 0. The van der Waals surface area contributed by atoms with Gasteiger partial charge in [-0.25, -0.2) is 0 Å². The second kappa shape index (κ2) is 3.03. The number of benzene rings is 1. The molecule has 0 radical (unpaired) electrons. The van der Waals surface area contributed by atoms with Crippen LogP contribution in [0.25, 0.3) is 0 Å². The second-order valence-corrected chi connectivity index (χ2v) is 2.81. The van der Waals surface area contributed by atoms with Crippen molar-refractivity contribution in [2.24, 2.45) is 11.5 Å². The highest BCUT2D eigenvalue weighted by Crippen LogP contribution is 2.15. The molecule has 0 amide bonds. The lowest BCUT2D eigenvalue weighted by Crippen LogP contribution is -2.21. The zero-order valence-corrected chi connectivity index (χ0v) is 6.96. The molecule has 0 aliphatic carbocycles. The topological polar surface area (TPSA) is 52.0 Å². The van der Waals surface area contributed by atoms with E-state index in [9.17, 15) is 0 Å². The Morgan fingerprint density at radius 2 is 1.82 bits per heavy atom. The molecule has 0 aliphatic rings. The van der Waals surface area contributed by atoms with Gasteiger partial charge in [-0.15, -0.1) is 0 Å². The van der Waals surface area contributed by atoms with Crippen LogP contribution in [0.1, 0.15) is 22.9 Å². The number of hydrogen-bond acceptors (Lipinski definition) is 2. The van der Waals surface area contributed by atoms with E-state index in [1.54, 1.807) is 0 Å². The Morgan fingerprint density at radius 3 is 2.27 bits per heavy atom. The first-order chi connectivity index (χ1) is 5.13. The fourth-order valence-electron chi connectivity index (χ4n) is 1.13. The second-order valence-electron chi connectivity index (χ2n) is 2.81. The van der Waals surface area contributed by atoms with Gasteiger partial charge in [-0.1, -0.05) is 18.2 Å². The summed E-state index contributed by atoms with van der Waals surface area (Å²) in [5.41, 5.74) is 14.6. The zero-order chi connectivity index (χ0) is 8.43. The Balaban J connectivity index is 3.17. The molecule has 0 atom stereocenters. The van der Waals surface area contributed by atoms with E-state index in [4.69, 9.17) is 11.5 Å². The van der Waals surface area contributed by atoms with Gasteiger partial charge in [-0.05, 0) is 30.5 Å². The van der Waals surface area contributed by atoms with Crippen molar-refractivity contribution in [2.75, 3.05) is 0 Å². The minimum atomic E-state index is -0.352.